The number of pyridine rings is 1. The summed E-state index contributed by atoms with van der Waals surface area (Å²) in [6.45, 7) is 0.0884. The molecule has 0 radical (unpaired) electrons. The first-order valence-corrected chi connectivity index (χ1v) is 9.76. The number of rotatable bonds is 5. The van der Waals surface area contributed by atoms with E-state index >= 15 is 0 Å². The lowest BCUT2D eigenvalue weighted by molar-refractivity contribution is 0.174. The van der Waals surface area contributed by atoms with Crippen molar-refractivity contribution in [3.63, 3.8) is 0 Å². The first kappa shape index (κ1) is 19.3. The molecule has 0 saturated heterocycles. The van der Waals surface area contributed by atoms with Gasteiger partial charge in [0.2, 0.25) is 18.4 Å². The molecule has 1 aliphatic heterocycles. The maximum Gasteiger partial charge on any atom is 0.260 e. The van der Waals surface area contributed by atoms with E-state index in [0.29, 0.717) is 17.2 Å². The van der Waals surface area contributed by atoms with Crippen molar-refractivity contribution in [2.45, 2.75) is 0 Å². The van der Waals surface area contributed by atoms with E-state index in [1.807, 2.05) is 0 Å². The Labute approximate surface area is 182 Å². The van der Waals surface area contributed by atoms with E-state index in [2.05, 4.69) is 25.9 Å². The standard InChI is InChI=1S/C21H12BrF2N3O4/c22-17-18(23)20(30-13-3-1-12(2-4-13)27-8-7-25-10-27)26-21(19(17)24)31-14-5-6-15-16(9-14)29-11-28-15/h1-10H,11H2. The van der Waals surface area contributed by atoms with Crippen molar-refractivity contribution in [1.29, 1.82) is 0 Å². The van der Waals surface area contributed by atoms with Gasteiger partial charge in [0.05, 0.1) is 6.33 Å². The van der Waals surface area contributed by atoms with Gasteiger partial charge in [0, 0.05) is 24.1 Å². The Balaban J connectivity index is 1.42. The molecule has 2 aromatic carbocycles. The first-order valence-electron chi connectivity index (χ1n) is 8.97. The van der Waals surface area contributed by atoms with Crippen molar-refractivity contribution in [3.8, 4) is 40.4 Å². The number of aromatic nitrogens is 3. The summed E-state index contributed by atoms with van der Waals surface area (Å²) in [5.74, 6) is -1.35. The Kier molecular flexibility index (Phi) is 4.91. The van der Waals surface area contributed by atoms with E-state index in [1.165, 1.54) is 6.07 Å². The highest BCUT2D eigenvalue weighted by Gasteiger charge is 2.23. The van der Waals surface area contributed by atoms with Crippen LogP contribution in [0.15, 0.2) is 65.7 Å². The lowest BCUT2D eigenvalue weighted by Crippen LogP contribution is -2.00. The van der Waals surface area contributed by atoms with Gasteiger partial charge in [-0.25, -0.2) is 4.98 Å². The average molecular weight is 488 g/mol. The van der Waals surface area contributed by atoms with E-state index in [0.717, 1.165) is 5.69 Å². The smallest absolute Gasteiger partial charge is 0.260 e. The fourth-order valence-corrected chi connectivity index (χ4v) is 3.21. The zero-order valence-electron chi connectivity index (χ0n) is 15.6. The number of fused-ring (bicyclic) bond motifs is 1. The number of halogens is 3. The van der Waals surface area contributed by atoms with Gasteiger partial charge in [0.25, 0.3) is 11.8 Å². The van der Waals surface area contributed by atoms with E-state index in [1.54, 1.807) is 59.7 Å². The molecule has 10 heteroatoms. The molecule has 31 heavy (non-hydrogen) atoms. The minimum Gasteiger partial charge on any atom is -0.454 e. The molecule has 0 atom stereocenters. The SMILES string of the molecule is Fc1c(Oc2ccc(-n3ccnc3)cc2)nc(Oc2ccc3c(c2)OCO3)c(F)c1Br. The van der Waals surface area contributed by atoms with Crippen LogP contribution in [0.3, 0.4) is 0 Å². The van der Waals surface area contributed by atoms with Gasteiger partial charge in [0.1, 0.15) is 16.0 Å². The van der Waals surface area contributed by atoms with Gasteiger partial charge in [-0.05, 0) is 52.3 Å². The monoisotopic (exact) mass is 487 g/mol. The molecule has 5 rings (SSSR count). The Bertz CT molecular complexity index is 1250. The molecular formula is C21H12BrF2N3O4. The molecule has 0 fully saturated rings. The summed E-state index contributed by atoms with van der Waals surface area (Å²) >= 11 is 2.89. The molecule has 0 amide bonds. The number of benzene rings is 2. The topological polar surface area (TPSA) is 67.6 Å². The zero-order valence-corrected chi connectivity index (χ0v) is 17.2. The molecule has 0 unspecified atom stereocenters. The minimum absolute atomic E-state index is 0.0884. The maximum absolute atomic E-state index is 14.6. The summed E-state index contributed by atoms with van der Waals surface area (Å²) < 4.78 is 52.0. The van der Waals surface area contributed by atoms with Crippen LogP contribution in [0.4, 0.5) is 8.78 Å². The molecule has 156 valence electrons. The van der Waals surface area contributed by atoms with Crippen LogP contribution >= 0.6 is 15.9 Å². The summed E-state index contributed by atoms with van der Waals surface area (Å²) in [6.07, 6.45) is 5.09. The Morgan fingerprint density at radius 1 is 0.903 bits per heavy atom. The number of hydrogen-bond acceptors (Lipinski definition) is 6. The molecule has 7 nitrogen and oxygen atoms in total. The van der Waals surface area contributed by atoms with E-state index < -0.39 is 27.9 Å². The number of hydrogen-bond donors (Lipinski definition) is 0. The maximum atomic E-state index is 14.6. The lowest BCUT2D eigenvalue weighted by atomic mass is 10.3. The fraction of sp³-hybridized carbons (Fsp3) is 0.0476. The fourth-order valence-electron chi connectivity index (χ4n) is 2.87. The highest BCUT2D eigenvalue weighted by Crippen LogP contribution is 2.39. The summed E-state index contributed by atoms with van der Waals surface area (Å²) in [7, 11) is 0. The zero-order chi connectivity index (χ0) is 21.4. The molecule has 0 saturated carbocycles. The molecule has 0 aliphatic carbocycles. The van der Waals surface area contributed by atoms with Crippen molar-refractivity contribution in [2.24, 2.45) is 0 Å². The van der Waals surface area contributed by atoms with Crippen molar-refractivity contribution in [1.82, 2.24) is 14.5 Å². The largest absolute Gasteiger partial charge is 0.454 e. The lowest BCUT2D eigenvalue weighted by Gasteiger charge is -2.12. The quantitative estimate of drug-likeness (QED) is 0.363. The van der Waals surface area contributed by atoms with Gasteiger partial charge in [-0.1, -0.05) is 0 Å². The summed E-state index contributed by atoms with van der Waals surface area (Å²) in [6, 6.07) is 11.5. The van der Waals surface area contributed by atoms with Crippen LogP contribution in [0.2, 0.25) is 0 Å². The minimum atomic E-state index is -1.00. The molecule has 2 aromatic heterocycles. The van der Waals surface area contributed by atoms with Crippen LogP contribution in [0, 0.1) is 11.6 Å². The molecule has 0 N–H and O–H groups in total. The molecule has 0 bridgehead atoms. The second kappa shape index (κ2) is 7.88. The predicted octanol–water partition coefficient (Wildman–Crippen LogP) is 5.62. The Hall–Kier alpha value is -3.66. The summed E-state index contributed by atoms with van der Waals surface area (Å²) in [4.78, 5) is 7.86. The molecule has 3 heterocycles. The average Bonchev–Trinajstić information content (AvgIpc) is 3.48. The Morgan fingerprint density at radius 2 is 1.58 bits per heavy atom. The van der Waals surface area contributed by atoms with E-state index in [9.17, 15) is 8.78 Å². The third kappa shape index (κ3) is 3.77. The molecule has 1 aliphatic rings. The number of nitrogens with zero attached hydrogens (tertiary/aromatic N) is 3. The normalized spacial score (nSPS) is 12.1. The van der Waals surface area contributed by atoms with Crippen LogP contribution in [0.25, 0.3) is 5.69 Å². The predicted molar refractivity (Wildman–Crippen MR) is 108 cm³/mol. The van der Waals surface area contributed by atoms with Gasteiger partial charge in [-0.2, -0.15) is 13.8 Å². The van der Waals surface area contributed by atoms with Crippen LogP contribution in [-0.4, -0.2) is 21.3 Å². The first-order chi connectivity index (χ1) is 15.1. The van der Waals surface area contributed by atoms with Crippen molar-refractivity contribution >= 4 is 15.9 Å². The second-order valence-electron chi connectivity index (χ2n) is 6.35. The van der Waals surface area contributed by atoms with E-state index in [4.69, 9.17) is 18.9 Å². The second-order valence-corrected chi connectivity index (χ2v) is 7.14. The van der Waals surface area contributed by atoms with Gasteiger partial charge in [0.15, 0.2) is 11.5 Å². The van der Waals surface area contributed by atoms with Gasteiger partial charge < -0.3 is 23.5 Å². The third-order valence-corrected chi connectivity index (χ3v) is 5.07. The molecule has 4 aromatic rings. The van der Waals surface area contributed by atoms with Gasteiger partial charge in [-0.3, -0.25) is 0 Å². The van der Waals surface area contributed by atoms with Crippen LogP contribution in [0.5, 0.6) is 34.8 Å². The Morgan fingerprint density at radius 3 is 2.29 bits per heavy atom. The number of ether oxygens (including phenoxy) is 4. The molecular weight excluding hydrogens is 476 g/mol. The van der Waals surface area contributed by atoms with Crippen LogP contribution in [-0.2, 0) is 0 Å². The van der Waals surface area contributed by atoms with Crippen molar-refractivity contribution < 1.29 is 27.7 Å². The van der Waals surface area contributed by atoms with Gasteiger partial charge in [-0.15, -0.1) is 0 Å². The summed E-state index contributed by atoms with van der Waals surface area (Å²) in [5.41, 5.74) is 0.838. The highest BCUT2D eigenvalue weighted by atomic mass is 79.9. The third-order valence-electron chi connectivity index (χ3n) is 4.38. The van der Waals surface area contributed by atoms with Crippen LogP contribution in [0.1, 0.15) is 0 Å². The van der Waals surface area contributed by atoms with Crippen LogP contribution < -0.4 is 18.9 Å². The highest BCUT2D eigenvalue weighted by molar-refractivity contribution is 9.10. The van der Waals surface area contributed by atoms with Gasteiger partial charge >= 0.3 is 0 Å². The number of imidazole rings is 1. The summed E-state index contributed by atoms with van der Waals surface area (Å²) in [5, 5.41) is 0. The van der Waals surface area contributed by atoms with Crippen molar-refractivity contribution in [3.05, 3.63) is 77.3 Å². The van der Waals surface area contributed by atoms with E-state index in [-0.39, 0.29) is 12.5 Å². The molecule has 0 spiro atoms. The van der Waals surface area contributed by atoms with Crippen molar-refractivity contribution in [2.75, 3.05) is 6.79 Å².